The Morgan fingerprint density at radius 1 is 0.833 bits per heavy atom. The highest BCUT2D eigenvalue weighted by Gasteiger charge is 2.11. The zero-order valence-corrected chi connectivity index (χ0v) is 13.7. The highest BCUT2D eigenvalue weighted by atomic mass is 16.5. The Kier molecular flexibility index (Phi) is 3.54. The second-order valence-corrected chi connectivity index (χ2v) is 5.95. The summed E-state index contributed by atoms with van der Waals surface area (Å²) in [7, 11) is 0. The number of H-pyrrole nitrogens is 1. The number of aromatic nitrogens is 2. The molecule has 3 nitrogen and oxygen atoms in total. The number of nitrogens with one attached hydrogen (secondary N) is 1. The predicted octanol–water partition coefficient (Wildman–Crippen LogP) is 5.64. The van der Waals surface area contributed by atoms with Crippen molar-refractivity contribution in [2.75, 3.05) is 0 Å². The molecule has 1 heterocycles. The van der Waals surface area contributed by atoms with Gasteiger partial charge in [-0.3, -0.25) is 0 Å². The van der Waals surface area contributed by atoms with E-state index >= 15 is 0 Å². The molecule has 1 N–H and O–H groups in total. The molecule has 0 fully saturated rings. The summed E-state index contributed by atoms with van der Waals surface area (Å²) in [4.78, 5) is 8.05. The normalized spacial score (nSPS) is 10.9. The van der Waals surface area contributed by atoms with E-state index < -0.39 is 0 Å². The van der Waals surface area contributed by atoms with Crippen LogP contribution in [0.15, 0.2) is 66.7 Å². The van der Waals surface area contributed by atoms with Crippen LogP contribution in [-0.4, -0.2) is 9.97 Å². The highest BCUT2D eigenvalue weighted by Crippen LogP contribution is 2.33. The number of nitrogens with zero attached hydrogens (tertiary/aromatic N) is 1. The van der Waals surface area contributed by atoms with Crippen molar-refractivity contribution < 1.29 is 4.74 Å². The van der Waals surface area contributed by atoms with Gasteiger partial charge in [-0.25, -0.2) is 4.98 Å². The molecule has 24 heavy (non-hydrogen) atoms. The van der Waals surface area contributed by atoms with Crippen molar-refractivity contribution in [3.63, 3.8) is 0 Å². The SMILES string of the molecule is Cc1ccc(Oc2ccccc2-c2nc3ccccc3[nH]2)cc1C. The van der Waals surface area contributed by atoms with E-state index in [1.807, 2.05) is 54.6 Å². The third-order valence-corrected chi connectivity index (χ3v) is 4.24. The van der Waals surface area contributed by atoms with Gasteiger partial charge in [-0.05, 0) is 61.4 Å². The third-order valence-electron chi connectivity index (χ3n) is 4.24. The molecule has 0 aliphatic heterocycles. The first-order valence-corrected chi connectivity index (χ1v) is 8.00. The van der Waals surface area contributed by atoms with Crippen LogP contribution >= 0.6 is 0 Å². The topological polar surface area (TPSA) is 37.9 Å². The van der Waals surface area contributed by atoms with Crippen LogP contribution < -0.4 is 4.74 Å². The number of benzene rings is 3. The summed E-state index contributed by atoms with van der Waals surface area (Å²) in [6, 6.07) is 22.1. The fraction of sp³-hybridized carbons (Fsp3) is 0.0952. The molecule has 0 saturated carbocycles. The molecule has 0 spiro atoms. The number of para-hydroxylation sites is 3. The fourth-order valence-corrected chi connectivity index (χ4v) is 2.74. The molecule has 0 aliphatic carbocycles. The Hall–Kier alpha value is -3.07. The van der Waals surface area contributed by atoms with E-state index in [0.717, 1.165) is 33.9 Å². The van der Waals surface area contributed by atoms with Crippen LogP contribution in [0.3, 0.4) is 0 Å². The molecule has 0 radical (unpaired) electrons. The van der Waals surface area contributed by atoms with Gasteiger partial charge in [0.1, 0.15) is 17.3 Å². The molecule has 0 amide bonds. The van der Waals surface area contributed by atoms with Gasteiger partial charge in [-0.15, -0.1) is 0 Å². The van der Waals surface area contributed by atoms with Crippen LogP contribution in [0.2, 0.25) is 0 Å². The smallest absolute Gasteiger partial charge is 0.142 e. The van der Waals surface area contributed by atoms with Gasteiger partial charge < -0.3 is 9.72 Å². The number of aromatic amines is 1. The summed E-state index contributed by atoms with van der Waals surface area (Å²) in [5.41, 5.74) is 5.40. The number of rotatable bonds is 3. The Labute approximate surface area is 140 Å². The first-order valence-electron chi connectivity index (χ1n) is 8.00. The molecular weight excluding hydrogens is 296 g/mol. The van der Waals surface area contributed by atoms with Crippen LogP contribution in [0.25, 0.3) is 22.4 Å². The molecule has 0 aliphatic rings. The molecule has 3 heteroatoms. The van der Waals surface area contributed by atoms with Crippen LogP contribution in [0.5, 0.6) is 11.5 Å². The summed E-state index contributed by atoms with van der Waals surface area (Å²) in [6.45, 7) is 4.19. The van der Waals surface area contributed by atoms with Gasteiger partial charge in [0.15, 0.2) is 0 Å². The molecule has 0 bridgehead atoms. The second kappa shape index (κ2) is 5.85. The summed E-state index contributed by atoms with van der Waals surface area (Å²) in [5, 5.41) is 0. The Bertz CT molecular complexity index is 984. The van der Waals surface area contributed by atoms with E-state index in [2.05, 4.69) is 35.9 Å². The van der Waals surface area contributed by atoms with Gasteiger partial charge in [0, 0.05) is 0 Å². The zero-order valence-electron chi connectivity index (χ0n) is 13.7. The maximum Gasteiger partial charge on any atom is 0.142 e. The maximum atomic E-state index is 6.14. The summed E-state index contributed by atoms with van der Waals surface area (Å²) in [5.74, 6) is 2.44. The van der Waals surface area contributed by atoms with E-state index in [1.165, 1.54) is 11.1 Å². The molecule has 3 aromatic carbocycles. The first-order chi connectivity index (χ1) is 11.7. The Morgan fingerprint density at radius 2 is 1.62 bits per heavy atom. The molecule has 0 saturated heterocycles. The number of ether oxygens (including phenoxy) is 1. The average molecular weight is 314 g/mol. The van der Waals surface area contributed by atoms with Crippen molar-refractivity contribution in [2.24, 2.45) is 0 Å². The lowest BCUT2D eigenvalue weighted by atomic mass is 10.1. The maximum absolute atomic E-state index is 6.14. The Balaban J connectivity index is 1.75. The average Bonchev–Trinajstić information content (AvgIpc) is 3.02. The van der Waals surface area contributed by atoms with Crippen molar-refractivity contribution in [3.8, 4) is 22.9 Å². The lowest BCUT2D eigenvalue weighted by Crippen LogP contribution is -1.90. The summed E-state index contributed by atoms with van der Waals surface area (Å²) < 4.78 is 6.14. The molecule has 4 rings (SSSR count). The fourth-order valence-electron chi connectivity index (χ4n) is 2.74. The molecule has 4 aromatic rings. The van der Waals surface area contributed by atoms with E-state index in [4.69, 9.17) is 4.74 Å². The standard InChI is InChI=1S/C21H18N2O/c1-14-11-12-16(13-15(14)2)24-20-10-6-3-7-17(20)21-22-18-8-4-5-9-19(18)23-21/h3-13H,1-2H3,(H,22,23). The largest absolute Gasteiger partial charge is 0.457 e. The lowest BCUT2D eigenvalue weighted by Gasteiger charge is -2.11. The number of aryl methyl sites for hydroxylation is 2. The molecule has 0 atom stereocenters. The minimum atomic E-state index is 0.791. The monoisotopic (exact) mass is 314 g/mol. The van der Waals surface area contributed by atoms with Crippen molar-refractivity contribution in [1.29, 1.82) is 0 Å². The molecule has 0 unspecified atom stereocenters. The van der Waals surface area contributed by atoms with E-state index in [9.17, 15) is 0 Å². The number of hydrogen-bond acceptors (Lipinski definition) is 2. The second-order valence-electron chi connectivity index (χ2n) is 5.95. The highest BCUT2D eigenvalue weighted by molar-refractivity contribution is 5.80. The minimum Gasteiger partial charge on any atom is -0.457 e. The van der Waals surface area contributed by atoms with E-state index in [1.54, 1.807) is 0 Å². The zero-order chi connectivity index (χ0) is 16.5. The Morgan fingerprint density at radius 3 is 2.46 bits per heavy atom. The number of hydrogen-bond donors (Lipinski definition) is 1. The van der Waals surface area contributed by atoms with Crippen molar-refractivity contribution in [3.05, 3.63) is 77.9 Å². The quantitative estimate of drug-likeness (QED) is 0.531. The van der Waals surface area contributed by atoms with Crippen LogP contribution in [0.1, 0.15) is 11.1 Å². The van der Waals surface area contributed by atoms with Crippen molar-refractivity contribution in [2.45, 2.75) is 13.8 Å². The first kappa shape index (κ1) is 14.5. The van der Waals surface area contributed by atoms with Gasteiger partial charge in [-0.2, -0.15) is 0 Å². The lowest BCUT2D eigenvalue weighted by molar-refractivity contribution is 0.483. The van der Waals surface area contributed by atoms with Crippen molar-refractivity contribution >= 4 is 11.0 Å². The predicted molar refractivity (Wildman–Crippen MR) is 97.5 cm³/mol. The summed E-state index contributed by atoms with van der Waals surface area (Å²) in [6.07, 6.45) is 0. The molecule has 118 valence electrons. The van der Waals surface area contributed by atoms with Crippen molar-refractivity contribution in [1.82, 2.24) is 9.97 Å². The van der Waals surface area contributed by atoms with E-state index in [-0.39, 0.29) is 0 Å². The van der Waals surface area contributed by atoms with Gasteiger partial charge in [0.05, 0.1) is 16.6 Å². The number of fused-ring (bicyclic) bond motifs is 1. The van der Waals surface area contributed by atoms with Gasteiger partial charge >= 0.3 is 0 Å². The van der Waals surface area contributed by atoms with Gasteiger partial charge in [-0.1, -0.05) is 30.3 Å². The van der Waals surface area contributed by atoms with Gasteiger partial charge in [0.2, 0.25) is 0 Å². The van der Waals surface area contributed by atoms with Crippen LogP contribution in [0.4, 0.5) is 0 Å². The van der Waals surface area contributed by atoms with Crippen LogP contribution in [-0.2, 0) is 0 Å². The van der Waals surface area contributed by atoms with Gasteiger partial charge in [0.25, 0.3) is 0 Å². The van der Waals surface area contributed by atoms with E-state index in [0.29, 0.717) is 0 Å². The molecular formula is C21H18N2O. The molecule has 1 aromatic heterocycles. The number of imidazole rings is 1. The third kappa shape index (κ3) is 2.65. The summed E-state index contributed by atoms with van der Waals surface area (Å²) >= 11 is 0. The van der Waals surface area contributed by atoms with Crippen LogP contribution in [0, 0.1) is 13.8 Å². The minimum absolute atomic E-state index is 0.791.